The van der Waals surface area contributed by atoms with Crippen LogP contribution in [0, 0.1) is 0 Å². The predicted molar refractivity (Wildman–Crippen MR) is 76.3 cm³/mol. The molecule has 2 heterocycles. The van der Waals surface area contributed by atoms with E-state index < -0.39 is 10.0 Å². The highest BCUT2D eigenvalue weighted by molar-refractivity contribution is 7.91. The van der Waals surface area contributed by atoms with E-state index in [1.807, 2.05) is 0 Å². The van der Waals surface area contributed by atoms with Gasteiger partial charge < -0.3 is 10.3 Å². The van der Waals surface area contributed by atoms with Gasteiger partial charge in [0.25, 0.3) is 10.0 Å². The number of aryl methyl sites for hydroxylation is 1. The van der Waals surface area contributed by atoms with Crippen molar-refractivity contribution < 1.29 is 13.2 Å². The highest BCUT2D eigenvalue weighted by Gasteiger charge is 2.19. The number of sulfonamides is 1. The van der Waals surface area contributed by atoms with E-state index in [-0.39, 0.29) is 21.9 Å². The van der Waals surface area contributed by atoms with Crippen molar-refractivity contribution in [1.82, 2.24) is 24.9 Å². The highest BCUT2D eigenvalue weighted by Crippen LogP contribution is 2.19. The van der Waals surface area contributed by atoms with Crippen molar-refractivity contribution in [3.63, 3.8) is 0 Å². The van der Waals surface area contributed by atoms with E-state index in [0.29, 0.717) is 12.8 Å². The summed E-state index contributed by atoms with van der Waals surface area (Å²) in [6.45, 7) is 1.57. The quantitative estimate of drug-likeness (QED) is 0.489. The molecule has 0 spiro atoms. The van der Waals surface area contributed by atoms with Crippen LogP contribution in [0.1, 0.15) is 19.2 Å². The van der Waals surface area contributed by atoms with Crippen LogP contribution in [-0.4, -0.2) is 41.0 Å². The van der Waals surface area contributed by atoms with Gasteiger partial charge in [0.1, 0.15) is 5.82 Å². The molecule has 0 aliphatic rings. The van der Waals surface area contributed by atoms with Crippen LogP contribution in [0.4, 0.5) is 5.13 Å². The number of carbonyl (C=O) groups excluding carboxylic acids is 1. The first-order chi connectivity index (χ1) is 9.97. The number of carbonyl (C=O) groups is 1. The normalized spacial score (nSPS) is 11.5. The van der Waals surface area contributed by atoms with Crippen molar-refractivity contribution in [2.45, 2.75) is 24.1 Å². The van der Waals surface area contributed by atoms with Gasteiger partial charge >= 0.3 is 0 Å². The zero-order valence-corrected chi connectivity index (χ0v) is 12.8. The molecular weight excluding hydrogens is 316 g/mol. The van der Waals surface area contributed by atoms with E-state index in [1.54, 1.807) is 12.4 Å². The number of hydrogen-bond acceptors (Lipinski definition) is 7. The fourth-order valence-electron chi connectivity index (χ4n) is 1.48. The monoisotopic (exact) mass is 330 g/mol. The van der Waals surface area contributed by atoms with Gasteiger partial charge in [0.05, 0.1) is 0 Å². The van der Waals surface area contributed by atoms with Crippen LogP contribution < -0.4 is 10.0 Å². The molecule has 1 amide bonds. The Hall–Kier alpha value is -1.85. The van der Waals surface area contributed by atoms with Crippen molar-refractivity contribution >= 4 is 32.4 Å². The van der Waals surface area contributed by atoms with Gasteiger partial charge in [0, 0.05) is 32.3 Å². The van der Waals surface area contributed by atoms with Gasteiger partial charge in [-0.1, -0.05) is 11.3 Å². The molecule has 11 heteroatoms. The second-order valence-corrected chi connectivity index (χ2v) is 7.01. The molecule has 0 saturated carbocycles. The second kappa shape index (κ2) is 6.74. The molecule has 0 unspecified atom stereocenters. The summed E-state index contributed by atoms with van der Waals surface area (Å²) in [6, 6.07) is 0. The van der Waals surface area contributed by atoms with Crippen LogP contribution in [0.2, 0.25) is 0 Å². The number of rotatable bonds is 7. The third kappa shape index (κ3) is 4.58. The van der Waals surface area contributed by atoms with E-state index in [1.165, 1.54) is 6.92 Å². The molecule has 0 aliphatic carbocycles. The number of nitrogens with one attached hydrogen (secondary N) is 3. The van der Waals surface area contributed by atoms with Crippen LogP contribution >= 0.6 is 11.3 Å². The standard InChI is InChI=1S/C10H14N6O3S2/c1-7(17)14-9-15-16-10(20-9)21(18,19)13-4-2-3-8-11-5-6-12-8/h5-6,13H,2-4H2,1H3,(H,11,12)(H,14,15,17). The molecule has 9 nitrogen and oxygen atoms in total. The third-order valence-electron chi connectivity index (χ3n) is 2.36. The summed E-state index contributed by atoms with van der Waals surface area (Å²) in [6.07, 6.45) is 4.60. The lowest BCUT2D eigenvalue weighted by atomic mass is 10.3. The van der Waals surface area contributed by atoms with E-state index >= 15 is 0 Å². The smallest absolute Gasteiger partial charge is 0.269 e. The fourth-order valence-corrected chi connectivity index (χ4v) is 3.54. The molecule has 114 valence electrons. The van der Waals surface area contributed by atoms with Crippen molar-refractivity contribution in [2.75, 3.05) is 11.9 Å². The predicted octanol–water partition coefficient (Wildman–Crippen LogP) is 0.131. The van der Waals surface area contributed by atoms with Crippen LogP contribution in [-0.2, 0) is 21.2 Å². The van der Waals surface area contributed by atoms with Crippen LogP contribution in [0.3, 0.4) is 0 Å². The van der Waals surface area contributed by atoms with Crippen molar-refractivity contribution in [1.29, 1.82) is 0 Å². The largest absolute Gasteiger partial charge is 0.349 e. The SMILES string of the molecule is CC(=O)Nc1nnc(S(=O)(=O)NCCCc2ncc[nH]2)s1. The molecule has 3 N–H and O–H groups in total. The molecule has 0 saturated heterocycles. The van der Waals surface area contributed by atoms with Crippen LogP contribution in [0.15, 0.2) is 16.7 Å². The maximum atomic E-state index is 12.0. The summed E-state index contributed by atoms with van der Waals surface area (Å²) >= 11 is 0.801. The molecule has 0 atom stereocenters. The lowest BCUT2D eigenvalue weighted by Crippen LogP contribution is -2.25. The van der Waals surface area contributed by atoms with Gasteiger partial charge in [-0.3, -0.25) is 4.79 Å². The zero-order chi connectivity index (χ0) is 15.3. The average molecular weight is 330 g/mol. The van der Waals surface area contributed by atoms with E-state index in [0.717, 1.165) is 17.2 Å². The minimum atomic E-state index is -3.70. The zero-order valence-electron chi connectivity index (χ0n) is 11.2. The molecule has 0 radical (unpaired) electrons. The number of aromatic nitrogens is 4. The second-order valence-electron chi connectivity index (χ2n) is 4.09. The summed E-state index contributed by atoms with van der Waals surface area (Å²) in [5.74, 6) is 0.472. The number of anilines is 1. The first-order valence-electron chi connectivity index (χ1n) is 6.06. The van der Waals surface area contributed by atoms with Crippen molar-refractivity contribution in [2.24, 2.45) is 0 Å². The summed E-state index contributed by atoms with van der Waals surface area (Å²) in [5.41, 5.74) is 0. The minimum Gasteiger partial charge on any atom is -0.349 e. The molecule has 2 rings (SSSR count). The average Bonchev–Trinajstić information content (AvgIpc) is 3.05. The Bertz CT molecular complexity index is 694. The Labute approximate surface area is 125 Å². The first kappa shape index (κ1) is 15.5. The molecule has 0 fully saturated rings. The minimum absolute atomic E-state index is 0.151. The number of hydrogen-bond donors (Lipinski definition) is 3. The Kier molecular flexibility index (Phi) is 4.98. The van der Waals surface area contributed by atoms with Gasteiger partial charge in [0.2, 0.25) is 15.4 Å². The molecule has 21 heavy (non-hydrogen) atoms. The number of aromatic amines is 1. The van der Waals surface area contributed by atoms with E-state index in [4.69, 9.17) is 0 Å². The lowest BCUT2D eigenvalue weighted by Gasteiger charge is -2.02. The lowest BCUT2D eigenvalue weighted by molar-refractivity contribution is -0.114. The molecular formula is C10H14N6O3S2. The van der Waals surface area contributed by atoms with Gasteiger partial charge in [-0.05, 0) is 6.42 Å². The molecule has 2 aromatic heterocycles. The molecule has 0 aromatic carbocycles. The number of amides is 1. The molecule has 0 aliphatic heterocycles. The van der Waals surface area contributed by atoms with E-state index in [9.17, 15) is 13.2 Å². The number of imidazole rings is 1. The van der Waals surface area contributed by atoms with Crippen molar-refractivity contribution in [3.05, 3.63) is 18.2 Å². The maximum Gasteiger partial charge on any atom is 0.269 e. The Morgan fingerprint density at radius 3 is 2.90 bits per heavy atom. The number of nitrogens with zero attached hydrogens (tertiary/aromatic N) is 3. The fraction of sp³-hybridized carbons (Fsp3) is 0.400. The van der Waals surface area contributed by atoms with Gasteiger partial charge in [-0.25, -0.2) is 18.1 Å². The Morgan fingerprint density at radius 1 is 1.43 bits per heavy atom. The highest BCUT2D eigenvalue weighted by atomic mass is 32.2. The molecule has 0 bridgehead atoms. The third-order valence-corrected chi connectivity index (χ3v) is 5.02. The van der Waals surface area contributed by atoms with E-state index in [2.05, 4.69) is 30.2 Å². The van der Waals surface area contributed by atoms with Crippen LogP contribution in [0.25, 0.3) is 0 Å². The first-order valence-corrected chi connectivity index (χ1v) is 8.36. The van der Waals surface area contributed by atoms with Gasteiger partial charge in [0.15, 0.2) is 0 Å². The molecule has 2 aromatic rings. The van der Waals surface area contributed by atoms with Gasteiger partial charge in [-0.2, -0.15) is 0 Å². The van der Waals surface area contributed by atoms with Gasteiger partial charge in [-0.15, -0.1) is 10.2 Å². The van der Waals surface area contributed by atoms with Crippen molar-refractivity contribution in [3.8, 4) is 0 Å². The summed E-state index contributed by atoms with van der Waals surface area (Å²) in [5, 5.41) is 9.68. The van der Waals surface area contributed by atoms with Crippen LogP contribution in [0.5, 0.6) is 0 Å². The maximum absolute atomic E-state index is 12.0. The number of H-pyrrole nitrogens is 1. The Balaban J connectivity index is 1.86. The summed E-state index contributed by atoms with van der Waals surface area (Å²) in [7, 11) is -3.70. The topological polar surface area (TPSA) is 130 Å². The Morgan fingerprint density at radius 2 is 2.24 bits per heavy atom. The summed E-state index contributed by atoms with van der Waals surface area (Å²) < 4.78 is 26.2. The summed E-state index contributed by atoms with van der Waals surface area (Å²) in [4.78, 5) is 17.8.